The summed E-state index contributed by atoms with van der Waals surface area (Å²) in [5, 5.41) is 0. The van der Waals surface area contributed by atoms with Crippen LogP contribution in [0.1, 0.15) is 36.8 Å². The van der Waals surface area contributed by atoms with E-state index in [1.54, 1.807) is 14.2 Å². The first kappa shape index (κ1) is 22.7. The minimum atomic E-state index is -0.587. The molecule has 158 valence electrons. The molecular formula is C24H26O6. The third-order valence-electron chi connectivity index (χ3n) is 4.11. The first-order valence-electron chi connectivity index (χ1n) is 9.62. The summed E-state index contributed by atoms with van der Waals surface area (Å²) in [4.78, 5) is 32.4. The standard InChI is InChI=1S/C24H26O6/c1-27-21-15-11-19(12-16-21)7-3-5-9-23(25)29-30-24(26)10-6-4-8-20-13-17-22(28-2)18-14-20/h3-4,7-8,11-18H,5-6,9-10H2,1-2H3/b7-3+,8-4+. The molecule has 0 bridgehead atoms. The lowest BCUT2D eigenvalue weighted by molar-refractivity contribution is -0.259. The second-order valence-electron chi connectivity index (χ2n) is 6.34. The van der Waals surface area contributed by atoms with Crippen LogP contribution in [-0.4, -0.2) is 26.2 Å². The van der Waals surface area contributed by atoms with Gasteiger partial charge < -0.3 is 9.47 Å². The monoisotopic (exact) mass is 410 g/mol. The van der Waals surface area contributed by atoms with E-state index in [1.807, 2.05) is 72.8 Å². The molecule has 2 aromatic carbocycles. The van der Waals surface area contributed by atoms with Gasteiger partial charge in [0.15, 0.2) is 0 Å². The number of hydrogen-bond acceptors (Lipinski definition) is 6. The molecule has 2 rings (SSSR count). The number of carbonyl (C=O) groups excluding carboxylic acids is 2. The Labute approximate surface area is 176 Å². The maximum absolute atomic E-state index is 11.6. The fourth-order valence-electron chi connectivity index (χ4n) is 2.45. The van der Waals surface area contributed by atoms with Crippen molar-refractivity contribution in [3.8, 4) is 11.5 Å². The average Bonchev–Trinajstić information content (AvgIpc) is 2.79. The van der Waals surface area contributed by atoms with Crippen molar-refractivity contribution < 1.29 is 28.8 Å². The zero-order valence-electron chi connectivity index (χ0n) is 17.2. The molecule has 0 saturated carbocycles. The summed E-state index contributed by atoms with van der Waals surface area (Å²) in [7, 11) is 3.23. The molecule has 0 aromatic heterocycles. The van der Waals surface area contributed by atoms with E-state index < -0.39 is 11.9 Å². The van der Waals surface area contributed by atoms with Crippen molar-refractivity contribution in [1.82, 2.24) is 0 Å². The van der Waals surface area contributed by atoms with Gasteiger partial charge in [-0.3, -0.25) is 0 Å². The van der Waals surface area contributed by atoms with Crippen molar-refractivity contribution >= 4 is 24.1 Å². The maximum atomic E-state index is 11.6. The molecule has 2 aromatic rings. The SMILES string of the molecule is COc1ccc(/C=C/CCC(=O)OOC(=O)CC/C=C/c2ccc(OC)cc2)cc1. The Bertz CT molecular complexity index is 777. The quantitative estimate of drug-likeness (QED) is 0.406. The number of rotatable bonds is 10. The Morgan fingerprint density at radius 3 is 1.37 bits per heavy atom. The molecule has 30 heavy (non-hydrogen) atoms. The number of benzene rings is 2. The lowest BCUT2D eigenvalue weighted by atomic mass is 10.2. The Morgan fingerprint density at radius 1 is 0.667 bits per heavy atom. The van der Waals surface area contributed by atoms with Crippen LogP contribution in [0.5, 0.6) is 11.5 Å². The van der Waals surface area contributed by atoms with E-state index in [2.05, 4.69) is 9.78 Å². The van der Waals surface area contributed by atoms with Crippen LogP contribution < -0.4 is 9.47 Å². The lowest BCUT2D eigenvalue weighted by Crippen LogP contribution is -2.10. The van der Waals surface area contributed by atoms with Crippen molar-refractivity contribution in [1.29, 1.82) is 0 Å². The molecule has 0 aliphatic heterocycles. The number of ether oxygens (including phenoxy) is 2. The van der Waals surface area contributed by atoms with E-state index in [-0.39, 0.29) is 12.8 Å². The summed E-state index contributed by atoms with van der Waals surface area (Å²) in [6, 6.07) is 15.1. The smallest absolute Gasteiger partial charge is 0.355 e. The second kappa shape index (κ2) is 12.8. The molecule has 0 amide bonds. The van der Waals surface area contributed by atoms with Crippen LogP contribution in [0.3, 0.4) is 0 Å². The molecule has 0 spiro atoms. The predicted molar refractivity (Wildman–Crippen MR) is 115 cm³/mol. The fraction of sp³-hybridized carbons (Fsp3) is 0.250. The van der Waals surface area contributed by atoms with E-state index in [0.717, 1.165) is 22.6 Å². The van der Waals surface area contributed by atoms with Gasteiger partial charge in [0.2, 0.25) is 0 Å². The number of carbonyl (C=O) groups is 2. The molecule has 0 heterocycles. The maximum Gasteiger partial charge on any atom is 0.355 e. The second-order valence-corrected chi connectivity index (χ2v) is 6.34. The third kappa shape index (κ3) is 8.65. The molecule has 6 heteroatoms. The summed E-state index contributed by atoms with van der Waals surface area (Å²) in [6.45, 7) is 0. The van der Waals surface area contributed by atoms with Crippen molar-refractivity contribution in [2.45, 2.75) is 25.7 Å². The Morgan fingerprint density at radius 2 is 1.03 bits per heavy atom. The van der Waals surface area contributed by atoms with Crippen LogP contribution in [0.4, 0.5) is 0 Å². The van der Waals surface area contributed by atoms with Crippen molar-refractivity contribution in [3.63, 3.8) is 0 Å². The van der Waals surface area contributed by atoms with Crippen LogP contribution in [0.15, 0.2) is 60.7 Å². The van der Waals surface area contributed by atoms with Crippen LogP contribution in [-0.2, 0) is 19.4 Å². The van der Waals surface area contributed by atoms with E-state index in [0.29, 0.717) is 12.8 Å². The van der Waals surface area contributed by atoms with Crippen LogP contribution in [0.2, 0.25) is 0 Å². The zero-order valence-corrected chi connectivity index (χ0v) is 17.2. The van der Waals surface area contributed by atoms with Crippen molar-refractivity contribution in [2.75, 3.05) is 14.2 Å². The van der Waals surface area contributed by atoms with Crippen LogP contribution >= 0.6 is 0 Å². The van der Waals surface area contributed by atoms with Gasteiger partial charge in [-0.05, 0) is 48.2 Å². The van der Waals surface area contributed by atoms with E-state index >= 15 is 0 Å². The molecule has 0 unspecified atom stereocenters. The number of hydrogen-bond donors (Lipinski definition) is 0. The van der Waals surface area contributed by atoms with Gasteiger partial charge in [-0.25, -0.2) is 19.4 Å². The number of allylic oxidation sites excluding steroid dienone is 2. The fourth-order valence-corrected chi connectivity index (χ4v) is 2.45. The zero-order chi connectivity index (χ0) is 21.6. The van der Waals surface area contributed by atoms with Crippen LogP contribution in [0, 0.1) is 0 Å². The molecule has 0 saturated heterocycles. The summed E-state index contributed by atoms with van der Waals surface area (Å²) in [6.07, 6.45) is 8.71. The Kier molecular flexibility index (Phi) is 9.73. The molecule has 0 aliphatic carbocycles. The van der Waals surface area contributed by atoms with Crippen LogP contribution in [0.25, 0.3) is 12.2 Å². The molecule has 0 radical (unpaired) electrons. The van der Waals surface area contributed by atoms with Gasteiger partial charge in [-0.2, -0.15) is 0 Å². The highest BCUT2D eigenvalue weighted by molar-refractivity contribution is 5.73. The lowest BCUT2D eigenvalue weighted by Gasteiger charge is -2.02. The van der Waals surface area contributed by atoms with Gasteiger partial charge >= 0.3 is 11.9 Å². The van der Waals surface area contributed by atoms with Gasteiger partial charge in [0.1, 0.15) is 11.5 Å². The molecule has 0 N–H and O–H groups in total. The van der Waals surface area contributed by atoms with Gasteiger partial charge in [0.25, 0.3) is 0 Å². The third-order valence-corrected chi connectivity index (χ3v) is 4.11. The first-order chi connectivity index (χ1) is 14.6. The number of methoxy groups -OCH3 is 2. The molecular weight excluding hydrogens is 384 g/mol. The van der Waals surface area contributed by atoms with Gasteiger partial charge in [0, 0.05) is 0 Å². The molecule has 0 aliphatic rings. The Balaban J connectivity index is 1.58. The minimum Gasteiger partial charge on any atom is -0.497 e. The van der Waals surface area contributed by atoms with E-state index in [4.69, 9.17) is 9.47 Å². The predicted octanol–water partition coefficient (Wildman–Crippen LogP) is 4.99. The summed E-state index contributed by atoms with van der Waals surface area (Å²) in [5.41, 5.74) is 2.00. The minimum absolute atomic E-state index is 0.122. The summed E-state index contributed by atoms with van der Waals surface area (Å²) < 4.78 is 10.2. The van der Waals surface area contributed by atoms with Gasteiger partial charge in [0.05, 0.1) is 27.1 Å². The molecule has 0 fully saturated rings. The van der Waals surface area contributed by atoms with Crippen molar-refractivity contribution in [3.05, 3.63) is 71.8 Å². The largest absolute Gasteiger partial charge is 0.497 e. The highest BCUT2D eigenvalue weighted by Gasteiger charge is 2.08. The summed E-state index contributed by atoms with van der Waals surface area (Å²) >= 11 is 0. The van der Waals surface area contributed by atoms with Gasteiger partial charge in [-0.15, -0.1) is 0 Å². The average molecular weight is 410 g/mol. The summed E-state index contributed by atoms with van der Waals surface area (Å²) in [5.74, 6) is 0.399. The molecule has 6 nitrogen and oxygen atoms in total. The van der Waals surface area contributed by atoms with Crippen molar-refractivity contribution in [2.24, 2.45) is 0 Å². The highest BCUT2D eigenvalue weighted by Crippen LogP contribution is 2.14. The first-order valence-corrected chi connectivity index (χ1v) is 9.62. The van der Waals surface area contributed by atoms with Gasteiger partial charge in [-0.1, -0.05) is 48.6 Å². The highest BCUT2D eigenvalue weighted by atomic mass is 17.2. The Hall–Kier alpha value is -3.54. The topological polar surface area (TPSA) is 71.1 Å². The normalized spacial score (nSPS) is 10.9. The van der Waals surface area contributed by atoms with E-state index in [9.17, 15) is 9.59 Å². The van der Waals surface area contributed by atoms with E-state index in [1.165, 1.54) is 0 Å². The molecule has 0 atom stereocenters.